The third kappa shape index (κ3) is 3.85. The van der Waals surface area contributed by atoms with E-state index in [1.54, 1.807) is 6.08 Å². The topological polar surface area (TPSA) is 49.3 Å². The van der Waals surface area contributed by atoms with Crippen molar-refractivity contribution in [2.45, 2.75) is 12.8 Å². The third-order valence-corrected chi connectivity index (χ3v) is 2.96. The molecule has 1 aliphatic rings. The van der Waals surface area contributed by atoms with Crippen LogP contribution in [-0.2, 0) is 11.2 Å². The summed E-state index contributed by atoms with van der Waals surface area (Å²) in [6.07, 6.45) is 12.4. The summed E-state index contributed by atoms with van der Waals surface area (Å²) in [4.78, 5) is 10.3. The molecule has 0 radical (unpaired) electrons. The second-order valence-corrected chi connectivity index (χ2v) is 4.35. The van der Waals surface area contributed by atoms with Crippen molar-refractivity contribution in [3.63, 3.8) is 0 Å². The summed E-state index contributed by atoms with van der Waals surface area (Å²) in [6, 6.07) is 6.30. The van der Waals surface area contributed by atoms with Gasteiger partial charge in [-0.2, -0.15) is 0 Å². The summed E-state index contributed by atoms with van der Waals surface area (Å²) in [5.41, 5.74) is 3.76. The van der Waals surface area contributed by atoms with Gasteiger partial charge in [-0.25, -0.2) is 4.79 Å². The van der Waals surface area contributed by atoms with Gasteiger partial charge in [0.25, 0.3) is 0 Å². The zero-order chi connectivity index (χ0) is 13.5. The Hall–Kier alpha value is -2.29. The molecule has 0 aliphatic carbocycles. The number of aliphatic carboxylic acids is 1. The van der Waals surface area contributed by atoms with Gasteiger partial charge >= 0.3 is 5.97 Å². The number of aryl methyl sites for hydroxylation is 1. The van der Waals surface area contributed by atoms with Crippen LogP contribution < -0.4 is 5.32 Å². The second kappa shape index (κ2) is 6.59. The average molecular weight is 255 g/mol. The van der Waals surface area contributed by atoms with E-state index in [-0.39, 0.29) is 0 Å². The lowest BCUT2D eigenvalue weighted by molar-refractivity contribution is -0.131. The maximum Gasteiger partial charge on any atom is 0.328 e. The molecule has 19 heavy (non-hydrogen) atoms. The first-order valence-electron chi connectivity index (χ1n) is 6.37. The normalized spacial score (nSPS) is 14.9. The predicted molar refractivity (Wildman–Crippen MR) is 78.2 cm³/mol. The molecule has 1 heterocycles. The van der Waals surface area contributed by atoms with Crippen molar-refractivity contribution in [2.24, 2.45) is 0 Å². The number of para-hydroxylation sites is 1. The highest BCUT2D eigenvalue weighted by atomic mass is 16.4. The standard InChI is InChI=1S/C16H17NO2/c18-15(19)11-4-2-1-3-7-13-8-5-9-14-10-6-12-17-16(13)14/h1-5,7-9,11,17H,6,10,12H2,(H,18,19). The molecule has 3 heteroatoms. The molecule has 3 nitrogen and oxygen atoms in total. The Kier molecular flexibility index (Phi) is 4.56. The van der Waals surface area contributed by atoms with Crippen LogP contribution in [0.5, 0.6) is 0 Å². The van der Waals surface area contributed by atoms with Crippen molar-refractivity contribution >= 4 is 17.7 Å². The molecular formula is C16H17NO2. The van der Waals surface area contributed by atoms with Gasteiger partial charge in [0, 0.05) is 18.3 Å². The predicted octanol–water partition coefficient (Wildman–Crippen LogP) is 3.25. The number of carbonyl (C=O) groups is 1. The lowest BCUT2D eigenvalue weighted by Gasteiger charge is -2.19. The van der Waals surface area contributed by atoms with Crippen molar-refractivity contribution < 1.29 is 9.90 Å². The van der Waals surface area contributed by atoms with Crippen molar-refractivity contribution in [2.75, 3.05) is 11.9 Å². The fraction of sp³-hybridized carbons (Fsp3) is 0.188. The van der Waals surface area contributed by atoms with Gasteiger partial charge < -0.3 is 10.4 Å². The van der Waals surface area contributed by atoms with Crippen molar-refractivity contribution in [3.05, 3.63) is 59.7 Å². The van der Waals surface area contributed by atoms with E-state index in [1.165, 1.54) is 29.3 Å². The Morgan fingerprint density at radius 2 is 2.05 bits per heavy atom. The van der Waals surface area contributed by atoms with Crippen LogP contribution in [0.1, 0.15) is 17.5 Å². The number of benzene rings is 1. The number of nitrogens with one attached hydrogen (secondary N) is 1. The SMILES string of the molecule is O=C(O)C=CC=CC=Cc1cccc2c1NCCC2. The maximum absolute atomic E-state index is 10.3. The molecule has 0 bridgehead atoms. The highest BCUT2D eigenvalue weighted by Gasteiger charge is 2.09. The van der Waals surface area contributed by atoms with Crippen LogP contribution in [0.3, 0.4) is 0 Å². The summed E-state index contributed by atoms with van der Waals surface area (Å²) in [5.74, 6) is -0.935. The van der Waals surface area contributed by atoms with Crippen LogP contribution in [0.25, 0.3) is 6.08 Å². The highest BCUT2D eigenvalue weighted by Crippen LogP contribution is 2.26. The van der Waals surface area contributed by atoms with Crippen LogP contribution in [0.15, 0.2) is 48.6 Å². The van der Waals surface area contributed by atoms with E-state index in [0.29, 0.717) is 0 Å². The summed E-state index contributed by atoms with van der Waals surface area (Å²) in [5, 5.41) is 11.9. The maximum atomic E-state index is 10.3. The molecule has 0 unspecified atom stereocenters. The molecule has 2 rings (SSSR count). The molecule has 0 saturated carbocycles. The fourth-order valence-corrected chi connectivity index (χ4v) is 2.10. The molecule has 0 atom stereocenters. The minimum absolute atomic E-state index is 0.935. The summed E-state index contributed by atoms with van der Waals surface area (Å²) < 4.78 is 0. The molecule has 1 aromatic carbocycles. The van der Waals surface area contributed by atoms with E-state index in [0.717, 1.165) is 19.0 Å². The summed E-state index contributed by atoms with van der Waals surface area (Å²) >= 11 is 0. The zero-order valence-electron chi connectivity index (χ0n) is 10.7. The Labute approximate surface area is 113 Å². The molecule has 2 N–H and O–H groups in total. The lowest BCUT2D eigenvalue weighted by Crippen LogP contribution is -2.12. The molecule has 98 valence electrons. The third-order valence-electron chi connectivity index (χ3n) is 2.96. The van der Waals surface area contributed by atoms with Gasteiger partial charge in [-0.1, -0.05) is 48.6 Å². The lowest BCUT2D eigenvalue weighted by atomic mass is 9.99. The molecule has 0 fully saturated rings. The van der Waals surface area contributed by atoms with Crippen molar-refractivity contribution in [1.29, 1.82) is 0 Å². The first-order chi connectivity index (χ1) is 9.27. The Balaban J connectivity index is 2.05. The second-order valence-electron chi connectivity index (χ2n) is 4.35. The molecule has 0 spiro atoms. The number of hydrogen-bond donors (Lipinski definition) is 2. The van der Waals surface area contributed by atoms with E-state index in [9.17, 15) is 4.79 Å². The average Bonchev–Trinajstić information content (AvgIpc) is 2.42. The number of fused-ring (bicyclic) bond motifs is 1. The molecule has 1 aliphatic heterocycles. The number of allylic oxidation sites excluding steroid dienone is 4. The highest BCUT2D eigenvalue weighted by molar-refractivity contribution is 5.80. The van der Waals surface area contributed by atoms with Gasteiger partial charge in [-0.3, -0.25) is 0 Å². The quantitative estimate of drug-likeness (QED) is 0.641. The van der Waals surface area contributed by atoms with E-state index in [2.05, 4.69) is 23.5 Å². The van der Waals surface area contributed by atoms with Gasteiger partial charge in [0.1, 0.15) is 0 Å². The Morgan fingerprint density at radius 3 is 2.89 bits per heavy atom. The largest absolute Gasteiger partial charge is 0.478 e. The molecule has 0 saturated heterocycles. The zero-order valence-corrected chi connectivity index (χ0v) is 10.7. The molecule has 0 amide bonds. The van der Waals surface area contributed by atoms with Crippen LogP contribution in [0, 0.1) is 0 Å². The van der Waals surface area contributed by atoms with Crippen molar-refractivity contribution in [3.8, 4) is 0 Å². The van der Waals surface area contributed by atoms with E-state index >= 15 is 0 Å². The minimum atomic E-state index is -0.935. The molecule has 0 aromatic heterocycles. The van der Waals surface area contributed by atoms with Gasteiger partial charge in [0.15, 0.2) is 0 Å². The van der Waals surface area contributed by atoms with Crippen LogP contribution >= 0.6 is 0 Å². The number of anilines is 1. The van der Waals surface area contributed by atoms with Crippen LogP contribution in [0.4, 0.5) is 5.69 Å². The first-order valence-corrected chi connectivity index (χ1v) is 6.37. The number of carboxylic acid groups (broad SMARTS) is 1. The fourth-order valence-electron chi connectivity index (χ4n) is 2.10. The number of hydrogen-bond acceptors (Lipinski definition) is 2. The molecule has 1 aromatic rings. The number of rotatable bonds is 4. The van der Waals surface area contributed by atoms with Crippen LogP contribution in [-0.4, -0.2) is 17.6 Å². The Morgan fingerprint density at radius 1 is 1.21 bits per heavy atom. The smallest absolute Gasteiger partial charge is 0.328 e. The molecular weight excluding hydrogens is 238 g/mol. The monoisotopic (exact) mass is 255 g/mol. The first kappa shape index (κ1) is 13.1. The van der Waals surface area contributed by atoms with Gasteiger partial charge in [-0.15, -0.1) is 0 Å². The summed E-state index contributed by atoms with van der Waals surface area (Å²) in [6.45, 7) is 1.02. The van der Waals surface area contributed by atoms with Gasteiger partial charge in [0.2, 0.25) is 0 Å². The van der Waals surface area contributed by atoms with Crippen molar-refractivity contribution in [1.82, 2.24) is 0 Å². The summed E-state index contributed by atoms with van der Waals surface area (Å²) in [7, 11) is 0. The van der Waals surface area contributed by atoms with E-state index in [4.69, 9.17) is 5.11 Å². The number of carboxylic acids is 1. The van der Waals surface area contributed by atoms with E-state index < -0.39 is 5.97 Å². The van der Waals surface area contributed by atoms with Crippen LogP contribution in [0.2, 0.25) is 0 Å². The Bertz CT molecular complexity index is 542. The van der Waals surface area contributed by atoms with Gasteiger partial charge in [0.05, 0.1) is 0 Å². The van der Waals surface area contributed by atoms with E-state index in [1.807, 2.05) is 18.2 Å². The minimum Gasteiger partial charge on any atom is -0.478 e. The van der Waals surface area contributed by atoms with Gasteiger partial charge in [-0.05, 0) is 24.0 Å².